The fourth-order valence-corrected chi connectivity index (χ4v) is 3.97. The Bertz CT molecular complexity index is 690. The maximum Gasteiger partial charge on any atom is 0.225 e. The molecule has 0 radical (unpaired) electrons. The molecule has 30 heavy (non-hydrogen) atoms. The lowest BCUT2D eigenvalue weighted by Crippen LogP contribution is -2.50. The molecule has 1 heterocycles. The van der Waals surface area contributed by atoms with Gasteiger partial charge in [-0.05, 0) is 49.8 Å². The largest absolute Gasteiger partial charge is 0.497 e. The minimum absolute atomic E-state index is 0. The van der Waals surface area contributed by atoms with Gasteiger partial charge in [-0.1, -0.05) is 31.5 Å². The summed E-state index contributed by atoms with van der Waals surface area (Å²) in [5.41, 5.74) is 1.07. The van der Waals surface area contributed by atoms with Crippen molar-refractivity contribution in [2.24, 2.45) is 10.9 Å². The lowest BCUT2D eigenvalue weighted by molar-refractivity contribution is -0.136. The van der Waals surface area contributed by atoms with Crippen molar-refractivity contribution in [1.29, 1.82) is 0 Å². The van der Waals surface area contributed by atoms with Gasteiger partial charge in [0.25, 0.3) is 0 Å². The number of halogens is 2. The molecule has 0 atom stereocenters. The molecule has 2 N–H and O–H groups in total. The number of likely N-dealkylation sites (tertiary alicyclic amines) is 1. The number of nitrogens with zero attached hydrogens (tertiary/aromatic N) is 2. The number of rotatable bonds is 8. The third-order valence-electron chi connectivity index (χ3n) is 5.65. The molecular formula is C22H36ClIN4O2. The van der Waals surface area contributed by atoms with Gasteiger partial charge in [0.05, 0.1) is 7.11 Å². The van der Waals surface area contributed by atoms with E-state index in [4.69, 9.17) is 16.3 Å². The van der Waals surface area contributed by atoms with Crippen molar-refractivity contribution in [3.8, 4) is 5.75 Å². The molecule has 0 aromatic heterocycles. The van der Waals surface area contributed by atoms with Crippen molar-refractivity contribution in [3.05, 3.63) is 28.8 Å². The maximum absolute atomic E-state index is 12.5. The topological polar surface area (TPSA) is 66.0 Å². The highest BCUT2D eigenvalue weighted by molar-refractivity contribution is 14.0. The van der Waals surface area contributed by atoms with Crippen LogP contribution in [-0.4, -0.2) is 56.6 Å². The molecule has 6 nitrogen and oxygen atoms in total. The maximum atomic E-state index is 12.5. The highest BCUT2D eigenvalue weighted by Crippen LogP contribution is 2.22. The smallest absolute Gasteiger partial charge is 0.225 e. The summed E-state index contributed by atoms with van der Waals surface area (Å²) in [6, 6.07) is 6.08. The highest BCUT2D eigenvalue weighted by atomic mass is 127. The molecular weight excluding hydrogens is 515 g/mol. The molecule has 1 aliphatic rings. The summed E-state index contributed by atoms with van der Waals surface area (Å²) < 4.78 is 5.19. The number of amides is 1. The van der Waals surface area contributed by atoms with E-state index in [1.165, 1.54) is 0 Å². The lowest BCUT2D eigenvalue weighted by atomic mass is 9.98. The highest BCUT2D eigenvalue weighted by Gasteiger charge is 2.26. The first-order valence-electron chi connectivity index (χ1n) is 10.6. The van der Waals surface area contributed by atoms with Crippen LogP contribution in [0.1, 0.15) is 45.1 Å². The fraction of sp³-hybridized carbons (Fsp3) is 0.636. The van der Waals surface area contributed by atoms with Crippen LogP contribution in [0.25, 0.3) is 0 Å². The molecule has 1 fully saturated rings. The fourth-order valence-electron chi connectivity index (χ4n) is 3.70. The average Bonchev–Trinajstić information content (AvgIpc) is 2.75. The number of carbonyl (C=O) groups excluding carboxylic acids is 1. The summed E-state index contributed by atoms with van der Waals surface area (Å²) in [7, 11) is 3.41. The first-order valence-corrected chi connectivity index (χ1v) is 11.0. The summed E-state index contributed by atoms with van der Waals surface area (Å²) in [6.45, 7) is 6.54. The van der Waals surface area contributed by atoms with Crippen LogP contribution in [0.15, 0.2) is 23.2 Å². The first kappa shape index (κ1) is 26.8. The second-order valence-electron chi connectivity index (χ2n) is 7.46. The molecule has 1 aromatic carbocycles. The van der Waals surface area contributed by atoms with Crippen molar-refractivity contribution < 1.29 is 9.53 Å². The normalized spacial score (nSPS) is 15.0. The summed E-state index contributed by atoms with van der Waals surface area (Å²) in [5.74, 6) is 2.03. The molecule has 0 saturated carbocycles. The molecule has 0 spiro atoms. The zero-order valence-electron chi connectivity index (χ0n) is 18.5. The third kappa shape index (κ3) is 7.80. The van der Waals surface area contributed by atoms with Crippen LogP contribution in [0.5, 0.6) is 5.75 Å². The summed E-state index contributed by atoms with van der Waals surface area (Å²) in [5, 5.41) is 7.56. The van der Waals surface area contributed by atoms with E-state index in [9.17, 15) is 4.79 Å². The van der Waals surface area contributed by atoms with Crippen molar-refractivity contribution in [3.63, 3.8) is 0 Å². The van der Waals surface area contributed by atoms with E-state index < -0.39 is 0 Å². The quantitative estimate of drug-likeness (QED) is 0.291. The Balaban J connectivity index is 0.00000450. The van der Waals surface area contributed by atoms with E-state index in [2.05, 4.69) is 29.5 Å². The van der Waals surface area contributed by atoms with Gasteiger partial charge in [0.1, 0.15) is 5.75 Å². The standard InChI is InChI=1S/C22H35ClN4O2.HI/c1-5-16(6-2)21(28)27-13-10-18(11-14-27)26-22(24-3)25-12-9-17-7-8-19(29-4)15-20(17)23;/h7-8,15-16,18H,5-6,9-14H2,1-4H3,(H2,24,25,26);1H. The number of aliphatic imine (C=N–C) groups is 1. The van der Waals surface area contributed by atoms with Gasteiger partial charge < -0.3 is 20.3 Å². The van der Waals surface area contributed by atoms with Gasteiger partial charge in [-0.3, -0.25) is 9.79 Å². The van der Waals surface area contributed by atoms with Crippen LogP contribution < -0.4 is 15.4 Å². The molecule has 2 rings (SSSR count). The molecule has 170 valence electrons. The molecule has 1 amide bonds. The molecule has 1 aliphatic heterocycles. The summed E-state index contributed by atoms with van der Waals surface area (Å²) in [6.07, 6.45) is 4.52. The molecule has 0 unspecified atom stereocenters. The Labute approximate surface area is 203 Å². The number of piperidine rings is 1. The number of ether oxygens (including phenoxy) is 1. The van der Waals surface area contributed by atoms with E-state index >= 15 is 0 Å². The summed E-state index contributed by atoms with van der Waals surface area (Å²) in [4.78, 5) is 18.9. The van der Waals surface area contributed by atoms with Crippen LogP contribution in [0.2, 0.25) is 5.02 Å². The number of nitrogens with one attached hydrogen (secondary N) is 2. The van der Waals surface area contributed by atoms with Gasteiger partial charge in [0.15, 0.2) is 5.96 Å². The van der Waals surface area contributed by atoms with E-state index in [0.717, 1.165) is 69.0 Å². The minimum atomic E-state index is 0. The predicted octanol–water partition coefficient (Wildman–Crippen LogP) is 4.10. The number of guanidine groups is 1. The molecule has 1 saturated heterocycles. The van der Waals surface area contributed by atoms with Crippen LogP contribution >= 0.6 is 35.6 Å². The van der Waals surface area contributed by atoms with Crippen LogP contribution in [-0.2, 0) is 11.2 Å². The van der Waals surface area contributed by atoms with Gasteiger partial charge >= 0.3 is 0 Å². The molecule has 0 aliphatic carbocycles. The van der Waals surface area contributed by atoms with Gasteiger partial charge in [0.2, 0.25) is 5.91 Å². The molecule has 8 heteroatoms. The Hall–Kier alpha value is -1.22. The van der Waals surface area contributed by atoms with Crippen LogP contribution in [0.3, 0.4) is 0 Å². The van der Waals surface area contributed by atoms with Gasteiger partial charge in [-0.15, -0.1) is 24.0 Å². The first-order chi connectivity index (χ1) is 14.0. The molecule has 1 aromatic rings. The SMILES string of the molecule is CCC(CC)C(=O)N1CCC(NC(=NC)NCCc2ccc(OC)cc2Cl)CC1.I. The molecule has 0 bridgehead atoms. The Morgan fingerprint density at radius 1 is 1.30 bits per heavy atom. The van der Waals surface area contributed by atoms with Crippen molar-refractivity contribution >= 4 is 47.4 Å². The van der Waals surface area contributed by atoms with E-state index in [0.29, 0.717) is 17.0 Å². The predicted molar refractivity (Wildman–Crippen MR) is 135 cm³/mol. The van der Waals surface area contributed by atoms with E-state index in [1.807, 2.05) is 23.1 Å². The number of carbonyl (C=O) groups is 1. The second kappa shape index (κ2) is 14.0. The number of hydrogen-bond acceptors (Lipinski definition) is 3. The van der Waals surface area contributed by atoms with Crippen molar-refractivity contribution in [2.75, 3.05) is 33.8 Å². The average molecular weight is 551 g/mol. The lowest BCUT2D eigenvalue weighted by Gasteiger charge is -2.34. The zero-order chi connectivity index (χ0) is 21.2. The number of benzene rings is 1. The second-order valence-corrected chi connectivity index (χ2v) is 7.87. The van der Waals surface area contributed by atoms with Gasteiger partial charge in [-0.25, -0.2) is 0 Å². The van der Waals surface area contributed by atoms with E-state index in [-0.39, 0.29) is 29.9 Å². The van der Waals surface area contributed by atoms with E-state index in [1.54, 1.807) is 14.2 Å². The monoisotopic (exact) mass is 550 g/mol. The summed E-state index contributed by atoms with van der Waals surface area (Å²) >= 11 is 6.31. The Morgan fingerprint density at radius 2 is 1.97 bits per heavy atom. The van der Waals surface area contributed by atoms with Crippen LogP contribution in [0, 0.1) is 5.92 Å². The Kier molecular flexibility index (Phi) is 12.5. The zero-order valence-corrected chi connectivity index (χ0v) is 21.6. The van der Waals surface area contributed by atoms with Crippen molar-refractivity contribution in [2.45, 2.75) is 52.0 Å². The minimum Gasteiger partial charge on any atom is -0.497 e. The van der Waals surface area contributed by atoms with Gasteiger partial charge in [-0.2, -0.15) is 0 Å². The number of hydrogen-bond donors (Lipinski definition) is 2. The number of methoxy groups -OCH3 is 1. The van der Waals surface area contributed by atoms with Crippen LogP contribution in [0.4, 0.5) is 0 Å². The van der Waals surface area contributed by atoms with Gasteiger partial charge in [0, 0.05) is 43.7 Å². The van der Waals surface area contributed by atoms with Crippen molar-refractivity contribution in [1.82, 2.24) is 15.5 Å². The Morgan fingerprint density at radius 3 is 2.50 bits per heavy atom. The third-order valence-corrected chi connectivity index (χ3v) is 6.00.